The predicted octanol–water partition coefficient (Wildman–Crippen LogP) is 2.81. The minimum Gasteiger partial charge on any atom is -0.484 e. The van der Waals surface area contributed by atoms with Crippen LogP contribution >= 0.6 is 0 Å². The van der Waals surface area contributed by atoms with E-state index >= 15 is 0 Å². The summed E-state index contributed by atoms with van der Waals surface area (Å²) < 4.78 is 5.38. The van der Waals surface area contributed by atoms with Gasteiger partial charge in [0.05, 0.1) is 0 Å². The molecule has 1 saturated carbocycles. The number of aryl methyl sites for hydroxylation is 1. The highest BCUT2D eigenvalue weighted by molar-refractivity contribution is 5.87. The Labute approximate surface area is 113 Å². The molecular formula is C15H20N2O2. The van der Waals surface area contributed by atoms with Gasteiger partial charge in [0.1, 0.15) is 5.75 Å². The van der Waals surface area contributed by atoms with Crippen molar-refractivity contribution < 1.29 is 9.53 Å². The van der Waals surface area contributed by atoms with Gasteiger partial charge < -0.3 is 4.74 Å². The first-order chi connectivity index (χ1) is 9.24. The maximum atomic E-state index is 11.6. The fraction of sp³-hybridized carbons (Fsp3) is 0.467. The Morgan fingerprint density at radius 3 is 2.58 bits per heavy atom. The van der Waals surface area contributed by atoms with Gasteiger partial charge in [0.25, 0.3) is 5.91 Å². The first-order valence-electron chi connectivity index (χ1n) is 6.78. The van der Waals surface area contributed by atoms with Crippen LogP contribution in [0.3, 0.4) is 0 Å². The van der Waals surface area contributed by atoms with Gasteiger partial charge in [0.15, 0.2) is 6.61 Å². The van der Waals surface area contributed by atoms with Gasteiger partial charge in [0, 0.05) is 5.71 Å². The third-order valence-electron chi connectivity index (χ3n) is 3.16. The lowest BCUT2D eigenvalue weighted by Gasteiger charge is -2.12. The van der Waals surface area contributed by atoms with Crippen molar-refractivity contribution in [1.29, 1.82) is 0 Å². The molecule has 1 aromatic carbocycles. The minimum absolute atomic E-state index is 0.000158. The number of nitrogens with one attached hydrogen (secondary N) is 1. The maximum absolute atomic E-state index is 11.6. The maximum Gasteiger partial charge on any atom is 0.277 e. The number of benzene rings is 1. The Morgan fingerprint density at radius 2 is 1.89 bits per heavy atom. The predicted molar refractivity (Wildman–Crippen MR) is 75.3 cm³/mol. The molecule has 0 spiro atoms. The molecule has 0 aromatic heterocycles. The number of hydrazone groups is 1. The molecule has 0 aliphatic heterocycles. The number of rotatable bonds is 4. The summed E-state index contributed by atoms with van der Waals surface area (Å²) in [5.41, 5.74) is 4.82. The van der Waals surface area contributed by atoms with Gasteiger partial charge in [0.2, 0.25) is 0 Å². The molecule has 2 rings (SSSR count). The van der Waals surface area contributed by atoms with Gasteiger partial charge >= 0.3 is 0 Å². The van der Waals surface area contributed by atoms with Crippen LogP contribution in [0.4, 0.5) is 0 Å². The van der Waals surface area contributed by atoms with Crippen molar-refractivity contribution in [3.05, 3.63) is 29.8 Å². The van der Waals surface area contributed by atoms with E-state index in [1.165, 1.54) is 24.8 Å². The molecule has 4 nitrogen and oxygen atoms in total. The highest BCUT2D eigenvalue weighted by atomic mass is 16.5. The molecule has 0 unspecified atom stereocenters. The van der Waals surface area contributed by atoms with Crippen LogP contribution in [-0.4, -0.2) is 18.2 Å². The van der Waals surface area contributed by atoms with Crippen molar-refractivity contribution in [2.45, 2.75) is 39.0 Å². The molecule has 1 fully saturated rings. The van der Waals surface area contributed by atoms with Gasteiger partial charge in [-0.05, 0) is 44.7 Å². The number of amides is 1. The molecule has 102 valence electrons. The average molecular weight is 260 g/mol. The smallest absolute Gasteiger partial charge is 0.277 e. The van der Waals surface area contributed by atoms with Gasteiger partial charge in [-0.2, -0.15) is 5.10 Å². The molecule has 19 heavy (non-hydrogen) atoms. The molecule has 0 radical (unpaired) electrons. The monoisotopic (exact) mass is 260 g/mol. The zero-order valence-electron chi connectivity index (χ0n) is 11.3. The van der Waals surface area contributed by atoms with Crippen molar-refractivity contribution >= 4 is 11.6 Å². The van der Waals surface area contributed by atoms with Crippen molar-refractivity contribution in [2.24, 2.45) is 5.10 Å². The minimum atomic E-state index is -0.210. The van der Waals surface area contributed by atoms with E-state index in [0.717, 1.165) is 18.6 Å². The second kappa shape index (κ2) is 6.92. The zero-order chi connectivity index (χ0) is 13.5. The fourth-order valence-electron chi connectivity index (χ4n) is 2.03. The van der Waals surface area contributed by atoms with Gasteiger partial charge in [-0.1, -0.05) is 24.1 Å². The number of hydrogen-bond donors (Lipinski definition) is 1. The van der Waals surface area contributed by atoms with Crippen LogP contribution in [0.2, 0.25) is 0 Å². The van der Waals surface area contributed by atoms with Gasteiger partial charge in [-0.3, -0.25) is 4.79 Å². The van der Waals surface area contributed by atoms with Gasteiger partial charge in [-0.15, -0.1) is 0 Å². The highest BCUT2D eigenvalue weighted by Crippen LogP contribution is 2.14. The molecule has 0 bridgehead atoms. The quantitative estimate of drug-likeness (QED) is 0.846. The summed E-state index contributed by atoms with van der Waals surface area (Å²) >= 11 is 0. The SMILES string of the molecule is Cc1ccc(OCC(=O)NN=C2CCCCC2)cc1. The van der Waals surface area contributed by atoms with Crippen LogP contribution in [0, 0.1) is 6.92 Å². The molecule has 4 heteroatoms. The first-order valence-corrected chi connectivity index (χ1v) is 6.78. The van der Waals surface area contributed by atoms with E-state index < -0.39 is 0 Å². The van der Waals surface area contributed by atoms with Crippen LogP contribution in [-0.2, 0) is 4.79 Å². The third-order valence-corrected chi connectivity index (χ3v) is 3.16. The molecule has 1 aliphatic carbocycles. The van der Waals surface area contributed by atoms with E-state index in [2.05, 4.69) is 10.5 Å². The van der Waals surface area contributed by atoms with E-state index in [1.54, 1.807) is 0 Å². The molecule has 0 atom stereocenters. The second-order valence-electron chi connectivity index (χ2n) is 4.88. The second-order valence-corrected chi connectivity index (χ2v) is 4.88. The van der Waals surface area contributed by atoms with Crippen LogP contribution < -0.4 is 10.2 Å². The summed E-state index contributed by atoms with van der Waals surface area (Å²) in [6.07, 6.45) is 5.62. The molecule has 1 aliphatic rings. The van der Waals surface area contributed by atoms with E-state index in [-0.39, 0.29) is 12.5 Å². The molecule has 1 amide bonds. The van der Waals surface area contributed by atoms with Crippen molar-refractivity contribution in [1.82, 2.24) is 5.43 Å². The molecule has 1 N–H and O–H groups in total. The van der Waals surface area contributed by atoms with Crippen LogP contribution in [0.5, 0.6) is 5.75 Å². The van der Waals surface area contributed by atoms with Crippen LogP contribution in [0.15, 0.2) is 29.4 Å². The molecular weight excluding hydrogens is 240 g/mol. The fourth-order valence-corrected chi connectivity index (χ4v) is 2.03. The number of carbonyl (C=O) groups is 1. The average Bonchev–Trinajstić information content (AvgIpc) is 2.45. The van der Waals surface area contributed by atoms with Crippen molar-refractivity contribution in [2.75, 3.05) is 6.61 Å². The Bertz CT molecular complexity index is 444. The Hall–Kier alpha value is -1.84. The standard InChI is InChI=1S/C15H20N2O2/c1-12-7-9-14(10-8-12)19-11-15(18)17-16-13-5-3-2-4-6-13/h7-10H,2-6,11H2,1H3,(H,17,18). The number of nitrogens with zero attached hydrogens (tertiary/aromatic N) is 1. The Balaban J connectivity index is 1.73. The van der Waals surface area contributed by atoms with Crippen molar-refractivity contribution in [3.63, 3.8) is 0 Å². The van der Waals surface area contributed by atoms with Crippen LogP contribution in [0.25, 0.3) is 0 Å². The first kappa shape index (κ1) is 13.6. The van der Waals surface area contributed by atoms with E-state index in [1.807, 2.05) is 31.2 Å². The van der Waals surface area contributed by atoms with E-state index in [0.29, 0.717) is 5.75 Å². The summed E-state index contributed by atoms with van der Waals surface area (Å²) in [4.78, 5) is 11.6. The Morgan fingerprint density at radius 1 is 1.21 bits per heavy atom. The molecule has 0 saturated heterocycles. The lowest BCUT2D eigenvalue weighted by molar-refractivity contribution is -0.123. The van der Waals surface area contributed by atoms with E-state index in [9.17, 15) is 4.79 Å². The summed E-state index contributed by atoms with van der Waals surface area (Å²) in [5.74, 6) is 0.490. The summed E-state index contributed by atoms with van der Waals surface area (Å²) in [6.45, 7) is 2.01. The third kappa shape index (κ3) is 4.73. The molecule has 0 heterocycles. The zero-order valence-corrected chi connectivity index (χ0v) is 11.3. The summed E-state index contributed by atoms with van der Waals surface area (Å²) in [6, 6.07) is 7.62. The highest BCUT2D eigenvalue weighted by Gasteiger charge is 2.07. The number of ether oxygens (including phenoxy) is 1. The lowest BCUT2D eigenvalue weighted by atomic mass is 9.99. The van der Waals surface area contributed by atoms with E-state index in [4.69, 9.17) is 4.74 Å². The number of carbonyl (C=O) groups excluding carboxylic acids is 1. The molecule has 1 aromatic rings. The van der Waals surface area contributed by atoms with Crippen LogP contribution in [0.1, 0.15) is 37.7 Å². The van der Waals surface area contributed by atoms with Gasteiger partial charge in [-0.25, -0.2) is 5.43 Å². The summed E-state index contributed by atoms with van der Waals surface area (Å²) in [7, 11) is 0. The topological polar surface area (TPSA) is 50.7 Å². The largest absolute Gasteiger partial charge is 0.484 e. The Kier molecular flexibility index (Phi) is 4.95. The normalized spacial score (nSPS) is 14.9. The van der Waals surface area contributed by atoms with Crippen molar-refractivity contribution in [3.8, 4) is 5.75 Å². The number of hydrogen-bond acceptors (Lipinski definition) is 3. The summed E-state index contributed by atoms with van der Waals surface area (Å²) in [5, 5.41) is 4.15. The lowest BCUT2D eigenvalue weighted by Crippen LogP contribution is -2.26.